The number of rotatable bonds is 2. The lowest BCUT2D eigenvalue weighted by molar-refractivity contribution is 0.110. The first-order valence-corrected chi connectivity index (χ1v) is 3.43. The van der Waals surface area contributed by atoms with E-state index >= 15 is 0 Å². The Bertz CT molecular complexity index is 412. The van der Waals surface area contributed by atoms with Gasteiger partial charge in [0.05, 0.1) is 5.56 Å². The first-order chi connectivity index (χ1) is 6.61. The Kier molecular flexibility index (Phi) is 2.82. The predicted molar refractivity (Wildman–Crippen MR) is 39.3 cm³/mol. The smallest absolute Gasteiger partial charge is 0.267 e. The first kappa shape index (κ1) is 10.2. The predicted octanol–water partition coefficient (Wildman–Crippen LogP) is 1.84. The maximum atomic E-state index is 13.0. The Labute approximate surface area is 76.8 Å². The lowest BCUT2D eigenvalue weighted by atomic mass is 10.1. The summed E-state index contributed by atoms with van der Waals surface area (Å²) in [4.78, 5) is 13.5. The number of nitrogens with zero attached hydrogens (tertiary/aromatic N) is 2. The molecule has 6 heteroatoms. The third-order valence-electron chi connectivity index (χ3n) is 1.54. The zero-order valence-electron chi connectivity index (χ0n) is 6.67. The van der Waals surface area contributed by atoms with Crippen molar-refractivity contribution in [3.05, 3.63) is 28.8 Å². The summed E-state index contributed by atoms with van der Waals surface area (Å²) in [5.41, 5.74) is -2.37. The molecule has 0 bridgehead atoms. The van der Waals surface area contributed by atoms with Crippen LogP contribution in [0.25, 0.3) is 0 Å². The molecule has 0 aliphatic heterocycles. The zero-order chi connectivity index (χ0) is 10.7. The van der Waals surface area contributed by atoms with Gasteiger partial charge < -0.3 is 0 Å². The second kappa shape index (κ2) is 3.87. The summed E-state index contributed by atoms with van der Waals surface area (Å²) in [7, 11) is 0. The first-order valence-electron chi connectivity index (χ1n) is 3.43. The Balaban J connectivity index is 3.48. The fraction of sp³-hybridized carbons (Fsp3) is 0.125. The molecule has 0 saturated carbocycles. The van der Waals surface area contributed by atoms with E-state index in [9.17, 15) is 18.0 Å². The van der Waals surface area contributed by atoms with Crippen molar-refractivity contribution in [3.8, 4) is 6.07 Å². The summed E-state index contributed by atoms with van der Waals surface area (Å²) >= 11 is 0. The van der Waals surface area contributed by atoms with Crippen LogP contribution in [0.5, 0.6) is 0 Å². The largest absolute Gasteiger partial charge is 0.298 e. The Morgan fingerprint density at radius 2 is 2.21 bits per heavy atom. The van der Waals surface area contributed by atoms with Gasteiger partial charge in [0, 0.05) is 11.8 Å². The van der Waals surface area contributed by atoms with Crippen molar-refractivity contribution >= 4 is 6.29 Å². The van der Waals surface area contributed by atoms with Gasteiger partial charge in [-0.1, -0.05) is 0 Å². The van der Waals surface area contributed by atoms with E-state index in [4.69, 9.17) is 5.26 Å². The number of carbonyl (C=O) groups is 1. The average Bonchev–Trinajstić information content (AvgIpc) is 2.16. The van der Waals surface area contributed by atoms with Gasteiger partial charge in [0.1, 0.15) is 6.07 Å². The van der Waals surface area contributed by atoms with Crippen molar-refractivity contribution in [1.29, 1.82) is 5.26 Å². The van der Waals surface area contributed by atoms with E-state index in [1.165, 1.54) is 6.07 Å². The summed E-state index contributed by atoms with van der Waals surface area (Å²) < 4.78 is 37.6. The molecule has 0 aromatic carbocycles. The number of halogens is 3. The molecule has 0 radical (unpaired) electrons. The van der Waals surface area contributed by atoms with E-state index in [-0.39, 0.29) is 6.29 Å². The number of hydrogen-bond acceptors (Lipinski definition) is 3. The highest BCUT2D eigenvalue weighted by Crippen LogP contribution is 2.25. The van der Waals surface area contributed by atoms with Gasteiger partial charge in [-0.05, 0) is 0 Å². The highest BCUT2D eigenvalue weighted by Gasteiger charge is 2.21. The maximum Gasteiger partial charge on any atom is 0.267 e. The second-order valence-corrected chi connectivity index (χ2v) is 2.32. The number of aldehydes is 1. The summed E-state index contributed by atoms with van der Waals surface area (Å²) in [6, 6.07) is 1.31. The highest BCUT2D eigenvalue weighted by atomic mass is 19.3. The number of pyridine rings is 1. The van der Waals surface area contributed by atoms with Gasteiger partial charge in [-0.25, -0.2) is 18.2 Å². The molecule has 1 aromatic heterocycles. The summed E-state index contributed by atoms with van der Waals surface area (Å²) in [5, 5.41) is 8.30. The fourth-order valence-corrected chi connectivity index (χ4v) is 0.908. The van der Waals surface area contributed by atoms with Crippen molar-refractivity contribution in [2.45, 2.75) is 6.43 Å². The minimum absolute atomic E-state index is 0.0682. The van der Waals surface area contributed by atoms with Crippen molar-refractivity contribution in [2.75, 3.05) is 0 Å². The van der Waals surface area contributed by atoms with Gasteiger partial charge in [-0.3, -0.25) is 4.79 Å². The Morgan fingerprint density at radius 1 is 1.57 bits per heavy atom. The van der Waals surface area contributed by atoms with Crippen LogP contribution in [-0.4, -0.2) is 11.3 Å². The minimum Gasteiger partial charge on any atom is -0.298 e. The lowest BCUT2D eigenvalue weighted by Gasteiger charge is -2.04. The molecule has 72 valence electrons. The molecule has 0 unspecified atom stereocenters. The molecule has 1 heterocycles. The lowest BCUT2D eigenvalue weighted by Crippen LogP contribution is -2.03. The molecule has 0 aliphatic carbocycles. The van der Waals surface area contributed by atoms with Crippen LogP contribution in [0, 0.1) is 17.1 Å². The van der Waals surface area contributed by atoms with Gasteiger partial charge in [-0.15, -0.1) is 0 Å². The van der Waals surface area contributed by atoms with Crippen LogP contribution >= 0.6 is 0 Å². The van der Waals surface area contributed by atoms with E-state index in [1.54, 1.807) is 0 Å². The van der Waals surface area contributed by atoms with Crippen LogP contribution in [0.4, 0.5) is 13.2 Å². The van der Waals surface area contributed by atoms with Gasteiger partial charge in [0.15, 0.2) is 17.8 Å². The standard InChI is InChI=1S/C8H3F3N2O/c9-7-5(1-12)13-2-4(3-14)6(7)8(10)11/h2-3,8H. The van der Waals surface area contributed by atoms with Crippen LogP contribution < -0.4 is 0 Å². The van der Waals surface area contributed by atoms with Crippen LogP contribution in [0.3, 0.4) is 0 Å². The Hall–Kier alpha value is -1.90. The quantitative estimate of drug-likeness (QED) is 0.684. The van der Waals surface area contributed by atoms with Gasteiger partial charge in [0.2, 0.25) is 0 Å². The molecular weight excluding hydrogens is 197 g/mol. The van der Waals surface area contributed by atoms with E-state index in [0.29, 0.717) is 0 Å². The fourth-order valence-electron chi connectivity index (χ4n) is 0.908. The molecule has 0 N–H and O–H groups in total. The topological polar surface area (TPSA) is 53.8 Å². The molecule has 0 aliphatic rings. The van der Waals surface area contributed by atoms with Gasteiger partial charge in [-0.2, -0.15) is 5.26 Å². The molecule has 3 nitrogen and oxygen atoms in total. The van der Waals surface area contributed by atoms with Gasteiger partial charge >= 0.3 is 0 Å². The van der Waals surface area contributed by atoms with Crippen molar-refractivity contribution in [3.63, 3.8) is 0 Å². The van der Waals surface area contributed by atoms with Crippen molar-refractivity contribution in [2.24, 2.45) is 0 Å². The molecular formula is C8H3F3N2O. The number of nitriles is 1. The normalized spacial score (nSPS) is 9.93. The molecule has 0 spiro atoms. The number of carbonyl (C=O) groups excluding carboxylic acids is 1. The summed E-state index contributed by atoms with van der Waals surface area (Å²) in [6.07, 6.45) is -2.33. The highest BCUT2D eigenvalue weighted by molar-refractivity contribution is 5.77. The molecule has 1 aromatic rings. The SMILES string of the molecule is N#Cc1ncc(C=O)c(C(F)F)c1F. The van der Waals surface area contributed by atoms with Gasteiger partial charge in [0.25, 0.3) is 6.43 Å². The second-order valence-electron chi connectivity index (χ2n) is 2.32. The third-order valence-corrected chi connectivity index (χ3v) is 1.54. The van der Waals surface area contributed by atoms with Crippen molar-refractivity contribution < 1.29 is 18.0 Å². The molecule has 1 rings (SSSR count). The molecule has 0 amide bonds. The minimum atomic E-state index is -3.15. The van der Waals surface area contributed by atoms with Crippen LogP contribution in [-0.2, 0) is 0 Å². The van der Waals surface area contributed by atoms with Crippen LogP contribution in [0.15, 0.2) is 6.20 Å². The summed E-state index contributed by atoms with van der Waals surface area (Å²) in [5.74, 6) is -1.44. The monoisotopic (exact) mass is 200 g/mol. The number of hydrogen-bond donors (Lipinski definition) is 0. The molecule has 0 saturated heterocycles. The molecule has 0 atom stereocenters. The van der Waals surface area contributed by atoms with E-state index in [2.05, 4.69) is 4.98 Å². The molecule has 0 fully saturated rings. The maximum absolute atomic E-state index is 13.0. The summed E-state index contributed by atoms with van der Waals surface area (Å²) in [6.45, 7) is 0. The van der Waals surface area contributed by atoms with Crippen molar-refractivity contribution in [1.82, 2.24) is 4.98 Å². The zero-order valence-corrected chi connectivity index (χ0v) is 6.67. The number of aromatic nitrogens is 1. The third kappa shape index (κ3) is 1.57. The average molecular weight is 200 g/mol. The van der Waals surface area contributed by atoms with Crippen LogP contribution in [0.1, 0.15) is 28.0 Å². The Morgan fingerprint density at radius 3 is 2.64 bits per heavy atom. The van der Waals surface area contributed by atoms with E-state index in [1.807, 2.05) is 0 Å². The van der Waals surface area contributed by atoms with E-state index in [0.717, 1.165) is 6.20 Å². The number of alkyl halides is 2. The van der Waals surface area contributed by atoms with E-state index < -0.39 is 29.1 Å². The molecule has 14 heavy (non-hydrogen) atoms. The van der Waals surface area contributed by atoms with Crippen LogP contribution in [0.2, 0.25) is 0 Å².